The van der Waals surface area contributed by atoms with Crippen LogP contribution in [0.1, 0.15) is 29.2 Å². The van der Waals surface area contributed by atoms with Crippen LogP contribution in [0.3, 0.4) is 0 Å². The first-order valence-corrected chi connectivity index (χ1v) is 12.0. The first kappa shape index (κ1) is 23.7. The van der Waals surface area contributed by atoms with Crippen molar-refractivity contribution < 1.29 is 9.47 Å². The molecule has 0 unspecified atom stereocenters. The van der Waals surface area contributed by atoms with Crippen LogP contribution in [0.5, 0.6) is 11.5 Å². The summed E-state index contributed by atoms with van der Waals surface area (Å²) in [5, 5.41) is 6.62. The lowest BCUT2D eigenvalue weighted by atomic mass is 10.0. The molecule has 3 nitrogen and oxygen atoms in total. The molecule has 0 atom stereocenters. The smallest absolute Gasteiger partial charge is 0.165 e. The van der Waals surface area contributed by atoms with Gasteiger partial charge in [0, 0.05) is 22.8 Å². The minimum Gasteiger partial charge on any atom is -0.490 e. The summed E-state index contributed by atoms with van der Waals surface area (Å²) in [6.45, 7) is 9.67. The Morgan fingerprint density at radius 1 is 0.941 bits per heavy atom. The maximum absolute atomic E-state index is 6.41. The Balaban J connectivity index is 1.62. The van der Waals surface area contributed by atoms with Gasteiger partial charge in [-0.3, -0.25) is 0 Å². The number of hydrogen-bond donors (Lipinski definition) is 1. The highest BCUT2D eigenvalue weighted by atomic mass is 35.5. The molecular weight excluding hydrogens is 442 g/mol. The maximum atomic E-state index is 6.41. The zero-order valence-corrected chi connectivity index (χ0v) is 20.5. The van der Waals surface area contributed by atoms with E-state index < -0.39 is 0 Å². The molecule has 0 spiro atoms. The van der Waals surface area contributed by atoms with Crippen LogP contribution in [0.4, 0.5) is 5.69 Å². The number of halogens is 1. The second kappa shape index (κ2) is 11.1. The minimum atomic E-state index is 0.463. The van der Waals surface area contributed by atoms with Gasteiger partial charge in [0.1, 0.15) is 6.61 Å². The first-order chi connectivity index (χ1) is 16.6. The molecule has 4 heteroatoms. The number of allylic oxidation sites excluding steroid dienone is 1. The summed E-state index contributed by atoms with van der Waals surface area (Å²) in [6, 6.07) is 24.8. The third kappa shape index (κ3) is 5.55. The number of ether oxygens (including phenoxy) is 2. The largest absolute Gasteiger partial charge is 0.490 e. The van der Waals surface area contributed by atoms with E-state index in [1.807, 2.05) is 31.2 Å². The standard InChI is InChI=1S/C30H30ClNO2/c1-4-9-24-16-22(19-32-28-18-26(31)15-14-21(28)3)17-29(33-5-2)30(24)34-20-25-12-8-11-23-10-6-7-13-27(23)25/h4,6-8,10-18,32H,1,5,9,19-20H2,2-3H3. The average Bonchev–Trinajstić information content (AvgIpc) is 2.84. The van der Waals surface area contributed by atoms with Crippen molar-refractivity contribution in [2.75, 3.05) is 11.9 Å². The van der Waals surface area contributed by atoms with Gasteiger partial charge in [-0.1, -0.05) is 66.2 Å². The van der Waals surface area contributed by atoms with E-state index in [4.69, 9.17) is 21.1 Å². The predicted molar refractivity (Wildman–Crippen MR) is 143 cm³/mol. The number of fused-ring (bicyclic) bond motifs is 1. The van der Waals surface area contributed by atoms with Gasteiger partial charge < -0.3 is 14.8 Å². The van der Waals surface area contributed by atoms with Crippen LogP contribution >= 0.6 is 11.6 Å². The van der Waals surface area contributed by atoms with Gasteiger partial charge in [-0.05, 0) is 72.0 Å². The Labute approximate surface area is 207 Å². The number of rotatable bonds is 10. The van der Waals surface area contributed by atoms with E-state index in [9.17, 15) is 0 Å². The third-order valence-electron chi connectivity index (χ3n) is 5.79. The zero-order chi connectivity index (χ0) is 23.9. The summed E-state index contributed by atoms with van der Waals surface area (Å²) < 4.78 is 12.4. The van der Waals surface area contributed by atoms with Crippen molar-refractivity contribution in [1.82, 2.24) is 0 Å². The van der Waals surface area contributed by atoms with Crippen LogP contribution in [0.15, 0.2) is 85.5 Å². The van der Waals surface area contributed by atoms with Crippen LogP contribution in [0.2, 0.25) is 5.02 Å². The molecule has 0 aromatic heterocycles. The van der Waals surface area contributed by atoms with Crippen LogP contribution in [-0.4, -0.2) is 6.61 Å². The quantitative estimate of drug-likeness (QED) is 0.237. The lowest BCUT2D eigenvalue weighted by Crippen LogP contribution is -2.06. The third-order valence-corrected chi connectivity index (χ3v) is 6.03. The molecule has 174 valence electrons. The molecule has 0 bridgehead atoms. The number of nitrogens with one attached hydrogen (secondary N) is 1. The fraction of sp³-hybridized carbons (Fsp3) is 0.200. The molecule has 0 amide bonds. The lowest BCUT2D eigenvalue weighted by molar-refractivity contribution is 0.267. The monoisotopic (exact) mass is 471 g/mol. The zero-order valence-electron chi connectivity index (χ0n) is 19.7. The van der Waals surface area contributed by atoms with Crippen molar-refractivity contribution in [2.45, 2.75) is 33.4 Å². The number of aryl methyl sites for hydroxylation is 1. The van der Waals surface area contributed by atoms with Crippen molar-refractivity contribution >= 4 is 28.1 Å². The Hall–Kier alpha value is -3.43. The molecule has 4 rings (SSSR count). The first-order valence-electron chi connectivity index (χ1n) is 11.6. The predicted octanol–water partition coefficient (Wildman–Crippen LogP) is 8.12. The summed E-state index contributed by atoms with van der Waals surface area (Å²) >= 11 is 6.19. The fourth-order valence-electron chi connectivity index (χ4n) is 4.11. The summed E-state index contributed by atoms with van der Waals surface area (Å²) in [7, 11) is 0. The van der Waals surface area contributed by atoms with E-state index in [2.05, 4.69) is 73.4 Å². The highest BCUT2D eigenvalue weighted by molar-refractivity contribution is 6.30. The van der Waals surface area contributed by atoms with Gasteiger partial charge in [-0.2, -0.15) is 0 Å². The van der Waals surface area contributed by atoms with E-state index in [-0.39, 0.29) is 0 Å². The second-order valence-electron chi connectivity index (χ2n) is 8.25. The van der Waals surface area contributed by atoms with Crippen molar-refractivity contribution in [3.8, 4) is 11.5 Å². The molecule has 34 heavy (non-hydrogen) atoms. The molecule has 4 aromatic carbocycles. The van der Waals surface area contributed by atoms with E-state index in [1.54, 1.807) is 0 Å². The average molecular weight is 472 g/mol. The van der Waals surface area contributed by atoms with Crippen LogP contribution in [0.25, 0.3) is 10.8 Å². The molecule has 0 saturated heterocycles. The molecule has 1 N–H and O–H groups in total. The van der Waals surface area contributed by atoms with E-state index >= 15 is 0 Å². The molecule has 0 aliphatic rings. The molecule has 0 saturated carbocycles. The highest BCUT2D eigenvalue weighted by Gasteiger charge is 2.15. The van der Waals surface area contributed by atoms with E-state index in [0.717, 1.165) is 39.4 Å². The van der Waals surface area contributed by atoms with Crippen LogP contribution in [-0.2, 0) is 19.6 Å². The second-order valence-corrected chi connectivity index (χ2v) is 8.68. The van der Waals surface area contributed by atoms with Crippen molar-refractivity contribution in [2.24, 2.45) is 0 Å². The Morgan fingerprint density at radius 3 is 2.59 bits per heavy atom. The van der Waals surface area contributed by atoms with E-state index in [1.165, 1.54) is 10.8 Å². The maximum Gasteiger partial charge on any atom is 0.165 e. The fourth-order valence-corrected chi connectivity index (χ4v) is 4.28. The SMILES string of the molecule is C=CCc1cc(CNc2cc(Cl)ccc2C)cc(OCC)c1OCc1cccc2ccccc12. The normalized spacial score (nSPS) is 10.8. The van der Waals surface area contributed by atoms with Gasteiger partial charge in [0.15, 0.2) is 11.5 Å². The Bertz CT molecular complexity index is 1290. The summed E-state index contributed by atoms with van der Waals surface area (Å²) in [5.41, 5.74) is 5.48. The van der Waals surface area contributed by atoms with Crippen molar-refractivity contribution in [3.05, 3.63) is 113 Å². The molecule has 0 aliphatic heterocycles. The van der Waals surface area contributed by atoms with Crippen LogP contribution < -0.4 is 14.8 Å². The summed E-state index contributed by atoms with van der Waals surface area (Å²) in [4.78, 5) is 0. The summed E-state index contributed by atoms with van der Waals surface area (Å²) in [6.07, 6.45) is 2.59. The topological polar surface area (TPSA) is 30.5 Å². The highest BCUT2D eigenvalue weighted by Crippen LogP contribution is 2.35. The van der Waals surface area contributed by atoms with Gasteiger partial charge in [0.2, 0.25) is 0 Å². The van der Waals surface area contributed by atoms with Gasteiger partial charge in [0.05, 0.1) is 6.61 Å². The number of anilines is 1. The lowest BCUT2D eigenvalue weighted by Gasteiger charge is -2.19. The number of benzene rings is 4. The molecule has 0 heterocycles. The molecule has 0 aliphatic carbocycles. The summed E-state index contributed by atoms with van der Waals surface area (Å²) in [5.74, 6) is 1.53. The number of hydrogen-bond acceptors (Lipinski definition) is 3. The Morgan fingerprint density at radius 2 is 1.76 bits per heavy atom. The molecular formula is C30H30ClNO2. The van der Waals surface area contributed by atoms with Crippen LogP contribution in [0, 0.1) is 6.92 Å². The molecule has 0 fully saturated rings. The van der Waals surface area contributed by atoms with Crippen molar-refractivity contribution in [1.29, 1.82) is 0 Å². The Kier molecular flexibility index (Phi) is 7.76. The van der Waals surface area contributed by atoms with Gasteiger partial charge in [-0.15, -0.1) is 6.58 Å². The molecule has 4 aromatic rings. The van der Waals surface area contributed by atoms with E-state index in [0.29, 0.717) is 31.2 Å². The van der Waals surface area contributed by atoms with Gasteiger partial charge >= 0.3 is 0 Å². The van der Waals surface area contributed by atoms with Crippen molar-refractivity contribution in [3.63, 3.8) is 0 Å². The molecule has 0 radical (unpaired) electrons. The minimum absolute atomic E-state index is 0.463. The van der Waals surface area contributed by atoms with Gasteiger partial charge in [-0.25, -0.2) is 0 Å². The van der Waals surface area contributed by atoms with Gasteiger partial charge in [0.25, 0.3) is 0 Å².